The summed E-state index contributed by atoms with van der Waals surface area (Å²) < 4.78 is 26.2. The Balaban J connectivity index is 1.71. The number of likely N-dealkylation sites (tertiary alicyclic amines) is 1. The van der Waals surface area contributed by atoms with E-state index >= 15 is 0 Å². The van der Waals surface area contributed by atoms with Crippen LogP contribution in [0.1, 0.15) is 40.0 Å². The summed E-state index contributed by atoms with van der Waals surface area (Å²) in [5, 5.41) is 4.39. The number of rotatable bonds is 4. The van der Waals surface area contributed by atoms with Gasteiger partial charge in [-0.05, 0) is 37.5 Å². The Kier molecular flexibility index (Phi) is 5.25. The minimum atomic E-state index is -3.69. The fraction of sp³-hybridized carbons (Fsp3) is 0.300. The van der Waals surface area contributed by atoms with E-state index in [2.05, 4.69) is 10.1 Å². The fourth-order valence-electron chi connectivity index (χ4n) is 3.59. The third-order valence-corrected chi connectivity index (χ3v) is 5.55. The van der Waals surface area contributed by atoms with Crippen molar-refractivity contribution in [2.45, 2.75) is 19.3 Å². The molecule has 1 fully saturated rings. The van der Waals surface area contributed by atoms with Crippen LogP contribution in [-0.2, 0) is 10.0 Å². The summed E-state index contributed by atoms with van der Waals surface area (Å²) in [6, 6.07) is 6.96. The van der Waals surface area contributed by atoms with Crippen molar-refractivity contribution in [1.82, 2.24) is 24.2 Å². The Morgan fingerprint density at radius 1 is 1.07 bits per heavy atom. The minimum Gasteiger partial charge on any atom is -0.339 e. The number of carbonyl (C=O) groups excluding carboxylic acids is 2. The van der Waals surface area contributed by atoms with Gasteiger partial charge < -0.3 is 4.90 Å². The number of amides is 2. The molecule has 4 rings (SSSR count). The van der Waals surface area contributed by atoms with Gasteiger partial charge in [-0.15, -0.1) is 0 Å². The summed E-state index contributed by atoms with van der Waals surface area (Å²) in [5.74, 6) is -0.804. The number of hydrogen-bond acceptors (Lipinski definition) is 6. The lowest BCUT2D eigenvalue weighted by atomic mass is 10.1. The molecular formula is C20H21N5O4S. The van der Waals surface area contributed by atoms with Gasteiger partial charge in [0, 0.05) is 31.0 Å². The Morgan fingerprint density at radius 2 is 1.83 bits per heavy atom. The van der Waals surface area contributed by atoms with Crippen LogP contribution in [0, 0.1) is 0 Å². The van der Waals surface area contributed by atoms with Gasteiger partial charge in [-0.2, -0.15) is 5.10 Å². The van der Waals surface area contributed by atoms with E-state index in [1.807, 2.05) is 21.8 Å². The molecular weight excluding hydrogens is 406 g/mol. The largest absolute Gasteiger partial charge is 0.339 e. The molecule has 1 saturated heterocycles. The third kappa shape index (κ3) is 4.04. The zero-order valence-corrected chi connectivity index (χ0v) is 17.2. The van der Waals surface area contributed by atoms with E-state index in [1.165, 1.54) is 12.3 Å². The van der Waals surface area contributed by atoms with E-state index in [0.29, 0.717) is 22.3 Å². The maximum atomic E-state index is 12.9. The molecule has 1 aliphatic heterocycles. The van der Waals surface area contributed by atoms with E-state index in [4.69, 9.17) is 0 Å². The first kappa shape index (κ1) is 20.0. The number of fused-ring (bicyclic) bond motifs is 1. The third-order valence-electron chi connectivity index (χ3n) is 4.99. The van der Waals surface area contributed by atoms with Crippen molar-refractivity contribution < 1.29 is 18.0 Å². The lowest BCUT2D eigenvalue weighted by Gasteiger charge is -2.26. The second-order valence-corrected chi connectivity index (χ2v) is 9.03. The number of aromatic nitrogens is 3. The van der Waals surface area contributed by atoms with Crippen LogP contribution < -0.4 is 4.72 Å². The van der Waals surface area contributed by atoms with Crippen molar-refractivity contribution in [1.29, 1.82) is 0 Å². The standard InChI is InChI=1S/C20H21N5O4S/c1-30(28,29)23-19(26)15-10-14(11-21-12-15)17-6-5-7-18-16(13-22-25(17)18)20(27)24-8-3-2-4-9-24/h5-7,10-13H,2-4,8-9H2,1H3,(H,23,26). The maximum absolute atomic E-state index is 12.9. The smallest absolute Gasteiger partial charge is 0.266 e. The Hall–Kier alpha value is -3.27. The molecule has 0 bridgehead atoms. The molecule has 0 saturated carbocycles. The molecule has 4 heterocycles. The summed E-state index contributed by atoms with van der Waals surface area (Å²) in [6.07, 6.45) is 8.46. The van der Waals surface area contributed by atoms with E-state index in [0.717, 1.165) is 38.6 Å². The molecule has 0 unspecified atom stereocenters. The normalized spacial score (nSPS) is 14.6. The van der Waals surface area contributed by atoms with E-state index < -0.39 is 15.9 Å². The first-order valence-corrected chi connectivity index (χ1v) is 11.5. The number of piperidine rings is 1. The van der Waals surface area contributed by atoms with Crippen molar-refractivity contribution in [2.24, 2.45) is 0 Å². The predicted octanol–water partition coefficient (Wildman–Crippen LogP) is 1.71. The molecule has 3 aromatic heterocycles. The van der Waals surface area contributed by atoms with Gasteiger partial charge in [-0.3, -0.25) is 14.6 Å². The summed E-state index contributed by atoms with van der Waals surface area (Å²) in [6.45, 7) is 1.49. The van der Waals surface area contributed by atoms with Crippen molar-refractivity contribution in [3.05, 3.63) is 54.0 Å². The van der Waals surface area contributed by atoms with Crippen molar-refractivity contribution >= 4 is 27.4 Å². The van der Waals surface area contributed by atoms with Crippen molar-refractivity contribution in [3.8, 4) is 11.3 Å². The number of hydrogen-bond donors (Lipinski definition) is 1. The number of sulfonamides is 1. The zero-order valence-electron chi connectivity index (χ0n) is 16.4. The SMILES string of the molecule is CS(=O)(=O)NC(=O)c1cncc(-c2cccc3c(C(=O)N4CCCCC4)cnn23)c1. The van der Waals surface area contributed by atoms with Crippen LogP contribution in [0.25, 0.3) is 16.8 Å². The van der Waals surface area contributed by atoms with Gasteiger partial charge in [0.05, 0.1) is 34.8 Å². The molecule has 9 nitrogen and oxygen atoms in total. The van der Waals surface area contributed by atoms with Crippen LogP contribution in [-0.4, -0.2) is 59.1 Å². The molecule has 0 atom stereocenters. The van der Waals surface area contributed by atoms with Crippen LogP contribution >= 0.6 is 0 Å². The van der Waals surface area contributed by atoms with Crippen molar-refractivity contribution in [2.75, 3.05) is 19.3 Å². The number of nitrogens with one attached hydrogen (secondary N) is 1. The lowest BCUT2D eigenvalue weighted by molar-refractivity contribution is 0.0726. The molecule has 30 heavy (non-hydrogen) atoms. The molecule has 10 heteroatoms. The van der Waals surface area contributed by atoms with Crippen molar-refractivity contribution in [3.63, 3.8) is 0 Å². The first-order chi connectivity index (χ1) is 14.3. The molecule has 1 N–H and O–H groups in total. The quantitative estimate of drug-likeness (QED) is 0.678. The lowest BCUT2D eigenvalue weighted by Crippen LogP contribution is -2.35. The average Bonchev–Trinajstić information content (AvgIpc) is 3.17. The number of pyridine rings is 2. The molecule has 3 aromatic rings. The minimum absolute atomic E-state index is 0.0405. The van der Waals surface area contributed by atoms with Crippen LogP contribution in [0.15, 0.2) is 42.9 Å². The highest BCUT2D eigenvalue weighted by molar-refractivity contribution is 7.89. The zero-order chi connectivity index (χ0) is 21.3. The van der Waals surface area contributed by atoms with E-state index in [-0.39, 0.29) is 11.5 Å². The highest BCUT2D eigenvalue weighted by atomic mass is 32.2. The van der Waals surface area contributed by atoms with Crippen LogP contribution in [0.4, 0.5) is 0 Å². The summed E-state index contributed by atoms with van der Waals surface area (Å²) >= 11 is 0. The second-order valence-electron chi connectivity index (χ2n) is 7.28. The Morgan fingerprint density at radius 3 is 2.57 bits per heavy atom. The summed E-state index contributed by atoms with van der Waals surface area (Å²) in [5.41, 5.74) is 2.49. The van der Waals surface area contributed by atoms with Gasteiger partial charge in [-0.1, -0.05) is 6.07 Å². The van der Waals surface area contributed by atoms with Gasteiger partial charge in [0.1, 0.15) is 0 Å². The molecule has 2 amide bonds. The van der Waals surface area contributed by atoms with Gasteiger partial charge in [0.15, 0.2) is 0 Å². The molecule has 0 spiro atoms. The highest BCUT2D eigenvalue weighted by Crippen LogP contribution is 2.24. The topological polar surface area (TPSA) is 114 Å². The second kappa shape index (κ2) is 7.86. The molecule has 0 aromatic carbocycles. The van der Waals surface area contributed by atoms with Crippen LogP contribution in [0.5, 0.6) is 0 Å². The van der Waals surface area contributed by atoms with Gasteiger partial charge in [0.25, 0.3) is 11.8 Å². The fourth-order valence-corrected chi connectivity index (χ4v) is 4.05. The van der Waals surface area contributed by atoms with Gasteiger partial charge in [0.2, 0.25) is 10.0 Å². The van der Waals surface area contributed by atoms with Gasteiger partial charge >= 0.3 is 0 Å². The average molecular weight is 427 g/mol. The summed E-state index contributed by atoms with van der Waals surface area (Å²) in [7, 11) is -3.69. The number of nitrogens with zero attached hydrogens (tertiary/aromatic N) is 4. The monoisotopic (exact) mass is 427 g/mol. The predicted molar refractivity (Wildman–Crippen MR) is 110 cm³/mol. The highest BCUT2D eigenvalue weighted by Gasteiger charge is 2.22. The van der Waals surface area contributed by atoms with Gasteiger partial charge in [-0.25, -0.2) is 17.7 Å². The Bertz CT molecular complexity index is 1230. The Labute approximate surface area is 173 Å². The maximum Gasteiger partial charge on any atom is 0.266 e. The first-order valence-electron chi connectivity index (χ1n) is 9.57. The number of carbonyl (C=O) groups is 2. The van der Waals surface area contributed by atoms with E-state index in [9.17, 15) is 18.0 Å². The molecule has 1 aliphatic rings. The van der Waals surface area contributed by atoms with Crippen LogP contribution in [0.2, 0.25) is 0 Å². The molecule has 156 valence electrons. The van der Waals surface area contributed by atoms with Crippen LogP contribution in [0.3, 0.4) is 0 Å². The van der Waals surface area contributed by atoms with E-state index in [1.54, 1.807) is 23.0 Å². The summed E-state index contributed by atoms with van der Waals surface area (Å²) in [4.78, 5) is 31.0. The molecule has 0 radical (unpaired) electrons. The molecule has 0 aliphatic carbocycles.